The van der Waals surface area contributed by atoms with Crippen LogP contribution in [0.5, 0.6) is 0 Å². The molecule has 1 aromatic heterocycles. The molecule has 0 spiro atoms. The van der Waals surface area contributed by atoms with E-state index < -0.39 is 0 Å². The van der Waals surface area contributed by atoms with Crippen molar-refractivity contribution in [2.24, 2.45) is 12.0 Å². The Morgan fingerprint density at radius 2 is 1.79 bits per heavy atom. The van der Waals surface area contributed by atoms with Gasteiger partial charge in [0, 0.05) is 26.8 Å². The highest BCUT2D eigenvalue weighted by Gasteiger charge is 2.02. The van der Waals surface area contributed by atoms with E-state index in [1.807, 2.05) is 17.8 Å². The van der Waals surface area contributed by atoms with Gasteiger partial charge in [-0.3, -0.25) is 9.67 Å². The number of rotatable bonds is 4. The smallest absolute Gasteiger partial charge is 0.191 e. The molecule has 5 nitrogen and oxygen atoms in total. The van der Waals surface area contributed by atoms with Gasteiger partial charge < -0.3 is 10.6 Å². The van der Waals surface area contributed by atoms with Crippen molar-refractivity contribution in [3.05, 3.63) is 66.0 Å². The van der Waals surface area contributed by atoms with E-state index in [1.165, 1.54) is 16.3 Å². The van der Waals surface area contributed by atoms with Crippen molar-refractivity contribution in [1.29, 1.82) is 0 Å². The van der Waals surface area contributed by atoms with Crippen LogP contribution in [0.15, 0.2) is 59.7 Å². The predicted octanol–water partition coefficient (Wildman–Crippen LogP) is 3.06. The van der Waals surface area contributed by atoms with E-state index in [9.17, 15) is 0 Å². The van der Waals surface area contributed by atoms with E-state index in [0.29, 0.717) is 6.54 Å². The van der Waals surface area contributed by atoms with Gasteiger partial charge in [-0.15, -0.1) is 24.0 Å². The zero-order valence-electron chi connectivity index (χ0n) is 13.9. The fraction of sp³-hybridized carbons (Fsp3) is 0.222. The summed E-state index contributed by atoms with van der Waals surface area (Å²) in [6.45, 7) is 1.42. The van der Waals surface area contributed by atoms with E-state index in [1.54, 1.807) is 13.2 Å². The molecule has 0 saturated heterocycles. The molecule has 126 valence electrons. The third kappa shape index (κ3) is 4.47. The van der Waals surface area contributed by atoms with Crippen molar-refractivity contribution in [1.82, 2.24) is 20.4 Å². The number of hydrogen-bond acceptors (Lipinski definition) is 2. The second kappa shape index (κ2) is 8.68. The lowest BCUT2D eigenvalue weighted by atomic mass is 10.1. The van der Waals surface area contributed by atoms with Gasteiger partial charge in [0.15, 0.2) is 5.96 Å². The molecule has 6 heteroatoms. The maximum absolute atomic E-state index is 4.26. The van der Waals surface area contributed by atoms with Crippen molar-refractivity contribution in [2.75, 3.05) is 7.05 Å². The number of aliphatic imine (C=N–C) groups is 1. The summed E-state index contributed by atoms with van der Waals surface area (Å²) in [6, 6.07) is 16.9. The molecular weight excluding hydrogens is 413 g/mol. The molecule has 0 bridgehead atoms. The molecule has 0 aliphatic heterocycles. The van der Waals surface area contributed by atoms with Gasteiger partial charge in [0.1, 0.15) is 0 Å². The van der Waals surface area contributed by atoms with Crippen molar-refractivity contribution in [2.45, 2.75) is 13.1 Å². The summed E-state index contributed by atoms with van der Waals surface area (Å²) in [7, 11) is 3.71. The lowest BCUT2D eigenvalue weighted by Gasteiger charge is -2.12. The Balaban J connectivity index is 0.00000208. The largest absolute Gasteiger partial charge is 0.352 e. The van der Waals surface area contributed by atoms with Gasteiger partial charge in [0.25, 0.3) is 0 Å². The Kier molecular flexibility index (Phi) is 6.60. The first-order valence-corrected chi connectivity index (χ1v) is 7.65. The number of guanidine groups is 1. The van der Waals surface area contributed by atoms with Crippen molar-refractivity contribution in [3.8, 4) is 0 Å². The second-order valence-electron chi connectivity index (χ2n) is 5.41. The first-order chi connectivity index (χ1) is 11.3. The maximum atomic E-state index is 4.26. The van der Waals surface area contributed by atoms with Crippen molar-refractivity contribution < 1.29 is 0 Å². The van der Waals surface area contributed by atoms with E-state index in [-0.39, 0.29) is 24.0 Å². The van der Waals surface area contributed by atoms with Crippen LogP contribution < -0.4 is 10.6 Å². The van der Waals surface area contributed by atoms with Crippen LogP contribution in [-0.4, -0.2) is 22.8 Å². The van der Waals surface area contributed by atoms with Gasteiger partial charge in [0.2, 0.25) is 0 Å². The molecular formula is C18H22IN5. The highest BCUT2D eigenvalue weighted by atomic mass is 127. The quantitative estimate of drug-likeness (QED) is 0.376. The highest BCUT2D eigenvalue weighted by Crippen LogP contribution is 2.15. The van der Waals surface area contributed by atoms with Gasteiger partial charge in [0.05, 0.1) is 12.2 Å². The summed E-state index contributed by atoms with van der Waals surface area (Å²) < 4.78 is 1.85. The molecule has 0 amide bonds. The molecule has 24 heavy (non-hydrogen) atoms. The molecule has 1 heterocycles. The van der Waals surface area contributed by atoms with Crippen LogP contribution in [0.2, 0.25) is 0 Å². The Bertz CT molecular complexity index is 825. The van der Waals surface area contributed by atoms with E-state index >= 15 is 0 Å². The molecule has 0 aliphatic carbocycles. The van der Waals surface area contributed by atoms with Crippen LogP contribution in [-0.2, 0) is 20.1 Å². The number of halogens is 1. The third-order valence-corrected chi connectivity index (χ3v) is 3.86. The van der Waals surface area contributed by atoms with E-state index in [2.05, 4.69) is 63.2 Å². The normalized spacial score (nSPS) is 11.2. The van der Waals surface area contributed by atoms with Gasteiger partial charge in [-0.25, -0.2) is 0 Å². The molecule has 0 atom stereocenters. The van der Waals surface area contributed by atoms with Crippen LogP contribution >= 0.6 is 24.0 Å². The van der Waals surface area contributed by atoms with Crippen LogP contribution in [0.1, 0.15) is 11.3 Å². The number of fused-ring (bicyclic) bond motifs is 1. The molecule has 0 fully saturated rings. The minimum Gasteiger partial charge on any atom is -0.352 e. The summed E-state index contributed by atoms with van der Waals surface area (Å²) in [5.41, 5.74) is 2.34. The Hall–Kier alpha value is -2.09. The average Bonchev–Trinajstić information content (AvgIpc) is 3.00. The summed E-state index contributed by atoms with van der Waals surface area (Å²) >= 11 is 0. The average molecular weight is 435 g/mol. The molecule has 2 aromatic carbocycles. The molecule has 2 N–H and O–H groups in total. The summed E-state index contributed by atoms with van der Waals surface area (Å²) in [4.78, 5) is 4.26. The van der Waals surface area contributed by atoms with Crippen LogP contribution in [0.25, 0.3) is 10.8 Å². The summed E-state index contributed by atoms with van der Waals surface area (Å²) in [6.07, 6.45) is 1.79. The van der Waals surface area contributed by atoms with Crippen LogP contribution in [0, 0.1) is 0 Å². The van der Waals surface area contributed by atoms with Gasteiger partial charge in [-0.1, -0.05) is 36.4 Å². The van der Waals surface area contributed by atoms with E-state index in [0.717, 1.165) is 18.2 Å². The SMILES string of the molecule is CN=C(NCc1ccc2ccccc2c1)NCc1ccnn1C.I. The fourth-order valence-electron chi connectivity index (χ4n) is 2.50. The predicted molar refractivity (Wildman–Crippen MR) is 110 cm³/mol. The maximum Gasteiger partial charge on any atom is 0.191 e. The van der Waals surface area contributed by atoms with Crippen LogP contribution in [0.3, 0.4) is 0 Å². The van der Waals surface area contributed by atoms with Crippen molar-refractivity contribution in [3.63, 3.8) is 0 Å². The monoisotopic (exact) mass is 435 g/mol. The van der Waals surface area contributed by atoms with Gasteiger partial charge >= 0.3 is 0 Å². The van der Waals surface area contributed by atoms with E-state index in [4.69, 9.17) is 0 Å². The minimum atomic E-state index is 0. The first kappa shape index (κ1) is 18.3. The number of aryl methyl sites for hydroxylation is 1. The molecule has 0 aliphatic rings. The lowest BCUT2D eigenvalue weighted by Crippen LogP contribution is -2.36. The Morgan fingerprint density at radius 1 is 1.04 bits per heavy atom. The minimum absolute atomic E-state index is 0. The third-order valence-electron chi connectivity index (χ3n) is 3.86. The van der Waals surface area contributed by atoms with Gasteiger partial charge in [-0.2, -0.15) is 5.10 Å². The summed E-state index contributed by atoms with van der Waals surface area (Å²) in [5, 5.41) is 13.3. The highest BCUT2D eigenvalue weighted by molar-refractivity contribution is 14.0. The number of aromatic nitrogens is 2. The second-order valence-corrected chi connectivity index (χ2v) is 5.41. The topological polar surface area (TPSA) is 54.2 Å². The van der Waals surface area contributed by atoms with Crippen LogP contribution in [0.4, 0.5) is 0 Å². The first-order valence-electron chi connectivity index (χ1n) is 7.65. The molecule has 0 saturated carbocycles. The molecule has 0 radical (unpaired) electrons. The number of benzene rings is 2. The summed E-state index contributed by atoms with van der Waals surface area (Å²) in [5.74, 6) is 0.777. The number of nitrogens with zero attached hydrogens (tertiary/aromatic N) is 3. The van der Waals surface area contributed by atoms with Gasteiger partial charge in [-0.05, 0) is 28.5 Å². The standard InChI is InChI=1S/C18H21N5.HI/c1-19-18(21-13-17-9-10-22-23(17)2)20-12-14-7-8-15-5-3-4-6-16(15)11-14;/h3-11H,12-13H2,1-2H3,(H2,19,20,21);1H. The van der Waals surface area contributed by atoms with Crippen molar-refractivity contribution >= 4 is 40.7 Å². The fourth-order valence-corrected chi connectivity index (χ4v) is 2.50. The Morgan fingerprint density at radius 3 is 2.50 bits per heavy atom. The number of nitrogens with one attached hydrogen (secondary N) is 2. The molecule has 3 aromatic rings. The molecule has 0 unspecified atom stereocenters. The lowest BCUT2D eigenvalue weighted by molar-refractivity contribution is 0.684. The number of hydrogen-bond donors (Lipinski definition) is 2. The Labute approximate surface area is 159 Å². The zero-order chi connectivity index (χ0) is 16.1. The molecule has 3 rings (SSSR count). The zero-order valence-corrected chi connectivity index (χ0v) is 16.2.